The van der Waals surface area contributed by atoms with Crippen LogP contribution in [0, 0.1) is 13.8 Å². The normalized spacial score (nSPS) is 11.6. The van der Waals surface area contributed by atoms with Crippen molar-refractivity contribution in [2.45, 2.75) is 33.7 Å². The number of rotatable bonds is 7. The first-order chi connectivity index (χ1) is 11.5. The minimum absolute atomic E-state index is 0.579. The molecular weight excluding hydrogens is 340 g/mol. The molecule has 0 saturated heterocycles. The standard InChI is InChI=1S/C16H26N6S2/c1-6-17-15(18-8-7-14-20-11(2)12(3)24-14)19-9-13-10-23-16(21-13)22(4)5/h10H,6-9H2,1-5H3,(H2,17,18,19). The van der Waals surface area contributed by atoms with Crippen LogP contribution in [0.5, 0.6) is 0 Å². The van der Waals surface area contributed by atoms with Crippen molar-refractivity contribution in [3.8, 4) is 0 Å². The van der Waals surface area contributed by atoms with Crippen molar-refractivity contribution in [1.29, 1.82) is 0 Å². The van der Waals surface area contributed by atoms with Gasteiger partial charge >= 0.3 is 0 Å². The Balaban J connectivity index is 1.87. The van der Waals surface area contributed by atoms with Crippen LogP contribution in [0.4, 0.5) is 5.13 Å². The molecule has 6 nitrogen and oxygen atoms in total. The first-order valence-corrected chi connectivity index (χ1v) is 9.76. The maximum atomic E-state index is 4.61. The molecule has 2 heterocycles. The first kappa shape index (κ1) is 18.7. The van der Waals surface area contributed by atoms with Gasteiger partial charge in [0.15, 0.2) is 11.1 Å². The predicted octanol–water partition coefficient (Wildman–Crippen LogP) is 2.58. The van der Waals surface area contributed by atoms with E-state index in [9.17, 15) is 0 Å². The maximum absolute atomic E-state index is 4.61. The van der Waals surface area contributed by atoms with Crippen LogP contribution in [-0.2, 0) is 13.0 Å². The van der Waals surface area contributed by atoms with Gasteiger partial charge < -0.3 is 15.5 Å². The first-order valence-electron chi connectivity index (χ1n) is 8.06. The fourth-order valence-corrected chi connectivity index (χ4v) is 3.69. The van der Waals surface area contributed by atoms with Crippen molar-refractivity contribution >= 4 is 33.8 Å². The number of thiazole rings is 2. The molecule has 0 aliphatic carbocycles. The number of aliphatic imine (C=N–C) groups is 1. The number of anilines is 1. The van der Waals surface area contributed by atoms with E-state index >= 15 is 0 Å². The number of hydrogen-bond acceptors (Lipinski definition) is 6. The summed E-state index contributed by atoms with van der Waals surface area (Å²) in [6, 6.07) is 0. The Hall–Kier alpha value is -1.67. The van der Waals surface area contributed by atoms with Crippen molar-refractivity contribution in [1.82, 2.24) is 20.6 Å². The van der Waals surface area contributed by atoms with Crippen LogP contribution in [0.3, 0.4) is 0 Å². The van der Waals surface area contributed by atoms with Gasteiger partial charge in [-0.1, -0.05) is 0 Å². The lowest BCUT2D eigenvalue weighted by Crippen LogP contribution is -2.38. The molecule has 0 amide bonds. The van der Waals surface area contributed by atoms with Crippen molar-refractivity contribution in [2.75, 3.05) is 32.1 Å². The molecule has 24 heavy (non-hydrogen) atoms. The molecular formula is C16H26N6S2. The van der Waals surface area contributed by atoms with Crippen molar-refractivity contribution in [3.05, 3.63) is 26.7 Å². The zero-order chi connectivity index (χ0) is 17.5. The van der Waals surface area contributed by atoms with Gasteiger partial charge in [-0.05, 0) is 20.8 Å². The van der Waals surface area contributed by atoms with Crippen LogP contribution in [0.25, 0.3) is 0 Å². The largest absolute Gasteiger partial charge is 0.357 e. The summed E-state index contributed by atoms with van der Waals surface area (Å²) in [5, 5.41) is 10.9. The predicted molar refractivity (Wildman–Crippen MR) is 105 cm³/mol. The van der Waals surface area contributed by atoms with Gasteiger partial charge in [0.05, 0.1) is 22.9 Å². The maximum Gasteiger partial charge on any atom is 0.191 e. The quantitative estimate of drug-likeness (QED) is 0.582. The molecule has 2 aromatic heterocycles. The molecule has 0 saturated carbocycles. The summed E-state index contributed by atoms with van der Waals surface area (Å²) >= 11 is 3.41. The molecule has 2 N–H and O–H groups in total. The van der Waals surface area contributed by atoms with Crippen LogP contribution in [0.15, 0.2) is 10.4 Å². The minimum Gasteiger partial charge on any atom is -0.357 e. The zero-order valence-electron chi connectivity index (χ0n) is 15.0. The minimum atomic E-state index is 0.579. The number of nitrogens with zero attached hydrogens (tertiary/aromatic N) is 4. The molecule has 0 radical (unpaired) electrons. The summed E-state index contributed by atoms with van der Waals surface area (Å²) in [6.45, 7) is 8.47. The Morgan fingerprint density at radius 3 is 2.62 bits per heavy atom. The van der Waals surface area contributed by atoms with Crippen LogP contribution in [-0.4, -0.2) is 43.1 Å². The van der Waals surface area contributed by atoms with Crippen LogP contribution in [0.2, 0.25) is 0 Å². The third-order valence-electron chi connectivity index (χ3n) is 3.37. The molecule has 0 aromatic carbocycles. The number of nitrogens with one attached hydrogen (secondary N) is 2. The third-order valence-corrected chi connectivity index (χ3v) is 5.56. The topological polar surface area (TPSA) is 65.4 Å². The fraction of sp³-hybridized carbons (Fsp3) is 0.562. The van der Waals surface area contributed by atoms with Crippen molar-refractivity contribution in [2.24, 2.45) is 4.99 Å². The van der Waals surface area contributed by atoms with Crippen molar-refractivity contribution in [3.63, 3.8) is 0 Å². The molecule has 0 aliphatic heterocycles. The smallest absolute Gasteiger partial charge is 0.191 e. The van der Waals surface area contributed by atoms with E-state index in [0.717, 1.165) is 42.0 Å². The Labute approximate surface area is 152 Å². The van der Waals surface area contributed by atoms with E-state index in [1.54, 1.807) is 22.7 Å². The van der Waals surface area contributed by atoms with Crippen LogP contribution in [0.1, 0.15) is 28.2 Å². The third kappa shape index (κ3) is 5.45. The van der Waals surface area contributed by atoms with Gasteiger partial charge in [-0.15, -0.1) is 22.7 Å². The molecule has 2 aromatic rings. The fourth-order valence-electron chi connectivity index (χ4n) is 2.01. The number of aromatic nitrogens is 2. The monoisotopic (exact) mass is 366 g/mol. The second-order valence-electron chi connectivity index (χ2n) is 5.64. The van der Waals surface area contributed by atoms with E-state index in [4.69, 9.17) is 0 Å². The lowest BCUT2D eigenvalue weighted by atomic mass is 10.4. The van der Waals surface area contributed by atoms with Gasteiger partial charge in [-0.25, -0.2) is 15.0 Å². The van der Waals surface area contributed by atoms with E-state index in [0.29, 0.717) is 6.54 Å². The highest BCUT2D eigenvalue weighted by molar-refractivity contribution is 7.13. The van der Waals surface area contributed by atoms with Gasteiger partial charge in [0.2, 0.25) is 0 Å². The number of hydrogen-bond donors (Lipinski definition) is 2. The van der Waals surface area contributed by atoms with Crippen molar-refractivity contribution < 1.29 is 0 Å². The Morgan fingerprint density at radius 1 is 1.25 bits per heavy atom. The Morgan fingerprint density at radius 2 is 2.04 bits per heavy atom. The van der Waals surface area contributed by atoms with E-state index in [1.165, 1.54) is 9.88 Å². The summed E-state index contributed by atoms with van der Waals surface area (Å²) in [5.41, 5.74) is 2.13. The second-order valence-corrected chi connectivity index (χ2v) is 7.76. The van der Waals surface area contributed by atoms with Gasteiger partial charge in [0, 0.05) is 43.9 Å². The molecule has 132 valence electrons. The van der Waals surface area contributed by atoms with Gasteiger partial charge in [0.25, 0.3) is 0 Å². The summed E-state index contributed by atoms with van der Waals surface area (Å²) in [7, 11) is 4.00. The Kier molecular flexibility index (Phi) is 6.99. The molecule has 0 spiro atoms. The SMILES string of the molecule is CCNC(=NCc1csc(N(C)C)n1)NCCc1nc(C)c(C)s1. The highest BCUT2D eigenvalue weighted by atomic mass is 32.1. The Bertz CT molecular complexity index is 654. The van der Waals surface area contributed by atoms with Gasteiger partial charge in [0.1, 0.15) is 0 Å². The van der Waals surface area contributed by atoms with Gasteiger partial charge in [-0.2, -0.15) is 0 Å². The molecule has 2 rings (SSSR count). The second kappa shape index (κ2) is 8.98. The number of aryl methyl sites for hydroxylation is 2. The molecule has 8 heteroatoms. The number of guanidine groups is 1. The lowest BCUT2D eigenvalue weighted by Gasteiger charge is -2.10. The summed E-state index contributed by atoms with van der Waals surface area (Å²) < 4.78 is 0. The molecule has 0 atom stereocenters. The summed E-state index contributed by atoms with van der Waals surface area (Å²) in [6.07, 6.45) is 0.908. The zero-order valence-corrected chi connectivity index (χ0v) is 16.6. The van der Waals surface area contributed by atoms with E-state index in [-0.39, 0.29) is 0 Å². The lowest BCUT2D eigenvalue weighted by molar-refractivity contribution is 0.793. The highest BCUT2D eigenvalue weighted by Crippen LogP contribution is 2.18. The van der Waals surface area contributed by atoms with E-state index in [1.807, 2.05) is 19.0 Å². The molecule has 0 aliphatic rings. The summed E-state index contributed by atoms with van der Waals surface area (Å²) in [4.78, 5) is 17.1. The molecule has 0 unspecified atom stereocenters. The molecule has 0 bridgehead atoms. The van der Waals surface area contributed by atoms with Crippen LogP contribution >= 0.6 is 22.7 Å². The van der Waals surface area contributed by atoms with Gasteiger partial charge in [-0.3, -0.25) is 0 Å². The highest BCUT2D eigenvalue weighted by Gasteiger charge is 2.06. The van der Waals surface area contributed by atoms with E-state index < -0.39 is 0 Å². The average Bonchev–Trinajstić information content (AvgIpc) is 3.12. The molecule has 0 fully saturated rings. The summed E-state index contributed by atoms with van der Waals surface area (Å²) in [5.74, 6) is 0.821. The average molecular weight is 367 g/mol. The van der Waals surface area contributed by atoms with Crippen LogP contribution < -0.4 is 15.5 Å². The van der Waals surface area contributed by atoms with E-state index in [2.05, 4.69) is 51.7 Å².